The first-order chi connectivity index (χ1) is 8.33. The van der Waals surface area contributed by atoms with Crippen LogP contribution in [0.25, 0.3) is 0 Å². The second-order valence-corrected chi connectivity index (χ2v) is 4.36. The molecule has 0 aliphatic carbocycles. The van der Waals surface area contributed by atoms with E-state index in [1.807, 2.05) is 60.7 Å². The molecule has 1 N–H and O–H groups in total. The molecule has 2 aromatic carbocycles. The van der Waals surface area contributed by atoms with Gasteiger partial charge >= 0.3 is 0 Å². The molecule has 17 heavy (non-hydrogen) atoms. The standard InChI is InChI=1S/C15H14O2/c16-14(12-7-3-1-4-8-12)15(11-17-15)13-9-5-2-6-10-13/h1-10,14,16H,11H2/t14-,15-/m1/s1. The van der Waals surface area contributed by atoms with Crippen LogP contribution in [0.4, 0.5) is 0 Å². The van der Waals surface area contributed by atoms with Crippen LogP contribution in [0.1, 0.15) is 17.2 Å². The molecule has 1 heterocycles. The Kier molecular flexibility index (Phi) is 2.46. The zero-order valence-electron chi connectivity index (χ0n) is 9.41. The van der Waals surface area contributed by atoms with Crippen molar-refractivity contribution in [3.8, 4) is 0 Å². The highest BCUT2D eigenvalue weighted by Gasteiger charge is 2.53. The first kappa shape index (κ1) is 10.5. The fourth-order valence-electron chi connectivity index (χ4n) is 2.18. The fourth-order valence-corrected chi connectivity index (χ4v) is 2.18. The molecule has 1 saturated heterocycles. The van der Waals surface area contributed by atoms with E-state index < -0.39 is 11.7 Å². The maximum absolute atomic E-state index is 10.4. The van der Waals surface area contributed by atoms with Gasteiger partial charge in [0, 0.05) is 0 Å². The third-order valence-corrected chi connectivity index (χ3v) is 3.27. The van der Waals surface area contributed by atoms with E-state index in [1.54, 1.807) is 0 Å². The Morgan fingerprint density at radius 1 is 0.941 bits per heavy atom. The molecule has 2 atom stereocenters. The summed E-state index contributed by atoms with van der Waals surface area (Å²) in [6.07, 6.45) is -0.605. The summed E-state index contributed by atoms with van der Waals surface area (Å²) in [6, 6.07) is 19.6. The van der Waals surface area contributed by atoms with Gasteiger partial charge in [-0.3, -0.25) is 0 Å². The largest absolute Gasteiger partial charge is 0.385 e. The van der Waals surface area contributed by atoms with Crippen molar-refractivity contribution in [2.45, 2.75) is 11.7 Å². The molecule has 0 aromatic heterocycles. The second-order valence-electron chi connectivity index (χ2n) is 4.36. The molecule has 0 saturated carbocycles. The number of hydrogen-bond donors (Lipinski definition) is 1. The van der Waals surface area contributed by atoms with Gasteiger partial charge in [0.15, 0.2) is 0 Å². The van der Waals surface area contributed by atoms with Crippen LogP contribution < -0.4 is 0 Å². The predicted molar refractivity (Wildman–Crippen MR) is 65.5 cm³/mol. The smallest absolute Gasteiger partial charge is 0.146 e. The Balaban J connectivity index is 1.95. The zero-order valence-corrected chi connectivity index (χ0v) is 9.41. The molecule has 1 fully saturated rings. The summed E-state index contributed by atoms with van der Waals surface area (Å²) in [5, 5.41) is 10.4. The lowest BCUT2D eigenvalue weighted by Gasteiger charge is -2.19. The maximum Gasteiger partial charge on any atom is 0.146 e. The summed E-state index contributed by atoms with van der Waals surface area (Å²) < 4.78 is 5.55. The van der Waals surface area contributed by atoms with Crippen molar-refractivity contribution >= 4 is 0 Å². The van der Waals surface area contributed by atoms with Crippen molar-refractivity contribution in [1.29, 1.82) is 0 Å². The van der Waals surface area contributed by atoms with Crippen molar-refractivity contribution < 1.29 is 9.84 Å². The summed E-state index contributed by atoms with van der Waals surface area (Å²) in [4.78, 5) is 0. The van der Waals surface area contributed by atoms with Gasteiger partial charge in [-0.15, -0.1) is 0 Å². The molecule has 0 radical (unpaired) electrons. The van der Waals surface area contributed by atoms with E-state index in [0.717, 1.165) is 11.1 Å². The minimum Gasteiger partial charge on any atom is -0.385 e. The normalized spacial score (nSPS) is 24.3. The van der Waals surface area contributed by atoms with Crippen LogP contribution in [0.15, 0.2) is 60.7 Å². The molecule has 0 amide bonds. The Labute approximate surface area is 100 Å². The number of aliphatic hydroxyl groups is 1. The van der Waals surface area contributed by atoms with Crippen molar-refractivity contribution in [3.63, 3.8) is 0 Å². The highest BCUT2D eigenvalue weighted by molar-refractivity contribution is 5.33. The summed E-state index contributed by atoms with van der Waals surface area (Å²) in [6.45, 7) is 0.576. The lowest BCUT2D eigenvalue weighted by Crippen LogP contribution is -2.19. The zero-order chi connectivity index (χ0) is 11.7. The van der Waals surface area contributed by atoms with E-state index in [2.05, 4.69) is 0 Å². The summed E-state index contributed by atoms with van der Waals surface area (Å²) in [7, 11) is 0. The molecule has 1 aliphatic rings. The second kappa shape index (κ2) is 3.99. The fraction of sp³-hybridized carbons (Fsp3) is 0.200. The topological polar surface area (TPSA) is 32.8 Å². The van der Waals surface area contributed by atoms with Crippen LogP contribution >= 0.6 is 0 Å². The first-order valence-electron chi connectivity index (χ1n) is 5.75. The molecule has 2 heteroatoms. The summed E-state index contributed by atoms with van der Waals surface area (Å²) >= 11 is 0. The third kappa shape index (κ3) is 1.75. The monoisotopic (exact) mass is 226 g/mol. The van der Waals surface area contributed by atoms with E-state index in [-0.39, 0.29) is 0 Å². The number of rotatable bonds is 3. The van der Waals surface area contributed by atoms with Crippen LogP contribution in [-0.4, -0.2) is 11.7 Å². The highest BCUT2D eigenvalue weighted by atomic mass is 16.6. The number of benzene rings is 2. The van der Waals surface area contributed by atoms with Crippen LogP contribution in [0.5, 0.6) is 0 Å². The minimum atomic E-state index is -0.605. The average Bonchev–Trinajstić information content (AvgIpc) is 3.21. The Bertz CT molecular complexity index is 489. The Morgan fingerprint density at radius 3 is 2.00 bits per heavy atom. The van der Waals surface area contributed by atoms with Gasteiger partial charge in [0.05, 0.1) is 6.61 Å². The Morgan fingerprint density at radius 2 is 1.47 bits per heavy atom. The number of epoxide rings is 1. The molecule has 3 rings (SSSR count). The van der Waals surface area contributed by atoms with Gasteiger partial charge in [-0.1, -0.05) is 60.7 Å². The molecule has 0 bridgehead atoms. The number of aliphatic hydroxyl groups excluding tert-OH is 1. The third-order valence-electron chi connectivity index (χ3n) is 3.27. The van der Waals surface area contributed by atoms with Gasteiger partial charge < -0.3 is 9.84 Å². The molecule has 86 valence electrons. The molecular weight excluding hydrogens is 212 g/mol. The van der Waals surface area contributed by atoms with Gasteiger partial charge in [-0.25, -0.2) is 0 Å². The van der Waals surface area contributed by atoms with Crippen LogP contribution in [0.2, 0.25) is 0 Å². The van der Waals surface area contributed by atoms with E-state index in [0.29, 0.717) is 6.61 Å². The SMILES string of the molecule is O[C@H](c1ccccc1)[C@]1(c2ccccc2)CO1. The van der Waals surface area contributed by atoms with E-state index in [9.17, 15) is 5.11 Å². The highest BCUT2D eigenvalue weighted by Crippen LogP contribution is 2.48. The van der Waals surface area contributed by atoms with E-state index in [4.69, 9.17) is 4.74 Å². The predicted octanol–water partition coefficient (Wildman–Crippen LogP) is 2.65. The van der Waals surface area contributed by atoms with E-state index in [1.165, 1.54) is 0 Å². The van der Waals surface area contributed by atoms with Crippen LogP contribution in [0.3, 0.4) is 0 Å². The Hall–Kier alpha value is -1.64. The summed E-state index contributed by atoms with van der Waals surface area (Å²) in [5.74, 6) is 0. The van der Waals surface area contributed by atoms with Crippen molar-refractivity contribution in [2.24, 2.45) is 0 Å². The number of ether oxygens (including phenoxy) is 1. The maximum atomic E-state index is 10.4. The van der Waals surface area contributed by atoms with Crippen LogP contribution in [-0.2, 0) is 10.3 Å². The average molecular weight is 226 g/mol. The molecule has 0 spiro atoms. The van der Waals surface area contributed by atoms with Crippen molar-refractivity contribution in [2.75, 3.05) is 6.61 Å². The van der Waals surface area contributed by atoms with Crippen molar-refractivity contribution in [1.82, 2.24) is 0 Å². The lowest BCUT2D eigenvalue weighted by molar-refractivity contribution is 0.0730. The van der Waals surface area contributed by atoms with Gasteiger partial charge in [0.25, 0.3) is 0 Å². The molecule has 2 aromatic rings. The lowest BCUT2D eigenvalue weighted by atomic mass is 9.90. The van der Waals surface area contributed by atoms with Gasteiger partial charge in [-0.2, -0.15) is 0 Å². The first-order valence-corrected chi connectivity index (χ1v) is 5.75. The van der Waals surface area contributed by atoms with Crippen LogP contribution in [0, 0.1) is 0 Å². The van der Waals surface area contributed by atoms with Gasteiger partial charge in [0.2, 0.25) is 0 Å². The van der Waals surface area contributed by atoms with Gasteiger partial charge in [-0.05, 0) is 11.1 Å². The quantitative estimate of drug-likeness (QED) is 0.816. The molecule has 1 aliphatic heterocycles. The molecule has 2 nitrogen and oxygen atoms in total. The molecule has 0 unspecified atom stereocenters. The summed E-state index contributed by atoms with van der Waals surface area (Å²) in [5.41, 5.74) is 1.40. The number of hydrogen-bond acceptors (Lipinski definition) is 2. The van der Waals surface area contributed by atoms with Crippen molar-refractivity contribution in [3.05, 3.63) is 71.8 Å². The molecular formula is C15H14O2. The minimum absolute atomic E-state index is 0.539. The van der Waals surface area contributed by atoms with Gasteiger partial charge in [0.1, 0.15) is 11.7 Å². The van der Waals surface area contributed by atoms with E-state index >= 15 is 0 Å².